The van der Waals surface area contributed by atoms with Gasteiger partial charge in [-0.25, -0.2) is 13.8 Å². The highest BCUT2D eigenvalue weighted by Gasteiger charge is 2.15. The molecule has 1 heterocycles. The standard InChI is InChI=1S/C22H19F2N3O/c1-13(25)14-6-7-21-20(9-14)26-12-27(21)17-5-3-4-15(8-17)18-10-16(23)11-19(24)22(18)28-2/h3-13H,25H2,1-2H3. The zero-order chi connectivity index (χ0) is 19.8. The Hall–Kier alpha value is -3.25. The van der Waals surface area contributed by atoms with Crippen molar-refractivity contribution in [2.75, 3.05) is 7.11 Å². The number of hydrogen-bond acceptors (Lipinski definition) is 3. The Bertz CT molecular complexity index is 1170. The zero-order valence-electron chi connectivity index (χ0n) is 15.5. The molecule has 0 bridgehead atoms. The fraction of sp³-hybridized carbons (Fsp3) is 0.136. The van der Waals surface area contributed by atoms with Gasteiger partial charge in [0.2, 0.25) is 0 Å². The Kier molecular flexibility index (Phi) is 4.57. The first-order valence-corrected chi connectivity index (χ1v) is 8.84. The minimum absolute atomic E-state index is 0.00983. The number of nitrogens with two attached hydrogens (primary N) is 1. The minimum Gasteiger partial charge on any atom is -0.493 e. The van der Waals surface area contributed by atoms with E-state index in [0.29, 0.717) is 11.1 Å². The van der Waals surface area contributed by atoms with E-state index in [9.17, 15) is 8.78 Å². The molecule has 0 saturated carbocycles. The van der Waals surface area contributed by atoms with Crippen LogP contribution in [0.2, 0.25) is 0 Å². The quantitative estimate of drug-likeness (QED) is 0.543. The molecule has 0 fully saturated rings. The van der Waals surface area contributed by atoms with Crippen LogP contribution in [0.5, 0.6) is 5.75 Å². The largest absolute Gasteiger partial charge is 0.493 e. The van der Waals surface area contributed by atoms with Crippen LogP contribution in [0.3, 0.4) is 0 Å². The lowest BCUT2D eigenvalue weighted by molar-refractivity contribution is 0.386. The van der Waals surface area contributed by atoms with Gasteiger partial charge in [0, 0.05) is 23.4 Å². The molecule has 1 aromatic heterocycles. The summed E-state index contributed by atoms with van der Waals surface area (Å²) in [4.78, 5) is 4.47. The van der Waals surface area contributed by atoms with E-state index in [1.54, 1.807) is 12.4 Å². The number of aromatic nitrogens is 2. The van der Waals surface area contributed by atoms with E-state index >= 15 is 0 Å². The summed E-state index contributed by atoms with van der Waals surface area (Å²) in [5.74, 6) is -1.38. The Balaban J connectivity index is 1.84. The second-order valence-corrected chi connectivity index (χ2v) is 6.67. The summed E-state index contributed by atoms with van der Waals surface area (Å²) in [5, 5.41) is 0. The molecule has 0 radical (unpaired) electrons. The molecule has 1 atom stereocenters. The monoisotopic (exact) mass is 379 g/mol. The van der Waals surface area contributed by atoms with Gasteiger partial charge in [-0.05, 0) is 48.4 Å². The van der Waals surface area contributed by atoms with Crippen LogP contribution in [0.4, 0.5) is 8.78 Å². The summed E-state index contributed by atoms with van der Waals surface area (Å²) in [6.45, 7) is 1.92. The normalized spacial score (nSPS) is 12.3. The van der Waals surface area contributed by atoms with Gasteiger partial charge in [-0.1, -0.05) is 18.2 Å². The summed E-state index contributed by atoms with van der Waals surface area (Å²) >= 11 is 0. The number of methoxy groups -OCH3 is 1. The summed E-state index contributed by atoms with van der Waals surface area (Å²) in [7, 11) is 1.36. The van der Waals surface area contributed by atoms with E-state index in [1.165, 1.54) is 13.2 Å². The van der Waals surface area contributed by atoms with Gasteiger partial charge in [0.25, 0.3) is 0 Å². The summed E-state index contributed by atoms with van der Waals surface area (Å²) in [6.07, 6.45) is 1.72. The second-order valence-electron chi connectivity index (χ2n) is 6.67. The number of rotatable bonds is 4. The van der Waals surface area contributed by atoms with Crippen molar-refractivity contribution >= 4 is 11.0 Å². The molecular weight excluding hydrogens is 360 g/mol. The zero-order valence-corrected chi connectivity index (χ0v) is 15.5. The van der Waals surface area contributed by atoms with Gasteiger partial charge < -0.3 is 10.5 Å². The average Bonchev–Trinajstić information content (AvgIpc) is 3.10. The van der Waals surface area contributed by atoms with Crippen LogP contribution >= 0.6 is 0 Å². The van der Waals surface area contributed by atoms with Crippen molar-refractivity contribution in [1.82, 2.24) is 9.55 Å². The average molecular weight is 379 g/mol. The van der Waals surface area contributed by atoms with Crippen molar-refractivity contribution in [3.63, 3.8) is 0 Å². The van der Waals surface area contributed by atoms with Crippen molar-refractivity contribution in [1.29, 1.82) is 0 Å². The fourth-order valence-corrected chi connectivity index (χ4v) is 3.32. The highest BCUT2D eigenvalue weighted by molar-refractivity contribution is 5.79. The molecule has 0 aliphatic heterocycles. The molecular formula is C22H19F2N3O. The Morgan fingerprint density at radius 2 is 1.89 bits per heavy atom. The SMILES string of the molecule is COc1c(F)cc(F)cc1-c1cccc(-n2cnc3cc(C(C)N)ccc32)c1. The van der Waals surface area contributed by atoms with Gasteiger partial charge in [-0.15, -0.1) is 0 Å². The molecule has 0 aliphatic rings. The highest BCUT2D eigenvalue weighted by Crippen LogP contribution is 2.34. The molecule has 3 aromatic carbocycles. The molecule has 0 amide bonds. The van der Waals surface area contributed by atoms with Crippen LogP contribution in [-0.4, -0.2) is 16.7 Å². The van der Waals surface area contributed by atoms with Crippen LogP contribution in [0.1, 0.15) is 18.5 Å². The molecule has 0 aliphatic carbocycles. The first kappa shape index (κ1) is 18.1. The summed E-state index contributed by atoms with van der Waals surface area (Å²) in [6, 6.07) is 15.3. The van der Waals surface area contributed by atoms with E-state index in [2.05, 4.69) is 4.98 Å². The van der Waals surface area contributed by atoms with Crippen LogP contribution in [0.15, 0.2) is 60.9 Å². The van der Waals surface area contributed by atoms with Gasteiger partial charge in [0.15, 0.2) is 11.6 Å². The third-order valence-corrected chi connectivity index (χ3v) is 4.74. The molecule has 4 aromatic rings. The molecule has 1 unspecified atom stereocenters. The number of halogens is 2. The molecule has 0 spiro atoms. The fourth-order valence-electron chi connectivity index (χ4n) is 3.32. The van der Waals surface area contributed by atoms with Crippen molar-refractivity contribution in [2.24, 2.45) is 5.73 Å². The van der Waals surface area contributed by atoms with E-state index in [-0.39, 0.29) is 11.8 Å². The number of ether oxygens (including phenoxy) is 1. The lowest BCUT2D eigenvalue weighted by Gasteiger charge is -2.12. The van der Waals surface area contributed by atoms with Gasteiger partial charge in [-0.2, -0.15) is 0 Å². The maximum absolute atomic E-state index is 14.1. The predicted molar refractivity (Wildman–Crippen MR) is 106 cm³/mol. The van der Waals surface area contributed by atoms with Gasteiger partial charge in [-0.3, -0.25) is 4.57 Å². The number of fused-ring (bicyclic) bond motifs is 1. The van der Waals surface area contributed by atoms with Crippen molar-refractivity contribution in [2.45, 2.75) is 13.0 Å². The molecule has 142 valence electrons. The predicted octanol–water partition coefficient (Wildman–Crippen LogP) is 5.00. The van der Waals surface area contributed by atoms with Crippen LogP contribution < -0.4 is 10.5 Å². The Morgan fingerprint density at radius 3 is 2.64 bits per heavy atom. The number of nitrogens with zero attached hydrogens (tertiary/aromatic N) is 2. The lowest BCUT2D eigenvalue weighted by atomic mass is 10.0. The van der Waals surface area contributed by atoms with Gasteiger partial charge in [0.1, 0.15) is 12.1 Å². The molecule has 4 rings (SSSR count). The van der Waals surface area contributed by atoms with E-state index < -0.39 is 11.6 Å². The Morgan fingerprint density at radius 1 is 1.07 bits per heavy atom. The van der Waals surface area contributed by atoms with Crippen molar-refractivity contribution in [3.8, 4) is 22.6 Å². The summed E-state index contributed by atoms with van der Waals surface area (Å²) < 4.78 is 35.0. The van der Waals surface area contributed by atoms with Crippen LogP contribution in [0.25, 0.3) is 27.8 Å². The maximum atomic E-state index is 14.1. The maximum Gasteiger partial charge on any atom is 0.168 e. The van der Waals surface area contributed by atoms with Gasteiger partial charge in [0.05, 0.1) is 18.1 Å². The molecule has 4 nitrogen and oxygen atoms in total. The van der Waals surface area contributed by atoms with E-state index in [4.69, 9.17) is 10.5 Å². The highest BCUT2D eigenvalue weighted by atomic mass is 19.1. The van der Waals surface area contributed by atoms with E-state index in [0.717, 1.165) is 28.4 Å². The number of benzene rings is 3. The molecule has 0 saturated heterocycles. The smallest absolute Gasteiger partial charge is 0.168 e. The topological polar surface area (TPSA) is 53.1 Å². The molecule has 2 N–H and O–H groups in total. The lowest BCUT2D eigenvalue weighted by Crippen LogP contribution is -2.04. The summed E-state index contributed by atoms with van der Waals surface area (Å²) in [5.41, 5.74) is 10.5. The van der Waals surface area contributed by atoms with Crippen molar-refractivity contribution in [3.05, 3.63) is 78.1 Å². The molecule has 6 heteroatoms. The van der Waals surface area contributed by atoms with Crippen LogP contribution in [-0.2, 0) is 0 Å². The third kappa shape index (κ3) is 3.12. The first-order valence-electron chi connectivity index (χ1n) is 8.84. The third-order valence-electron chi connectivity index (χ3n) is 4.74. The molecule has 28 heavy (non-hydrogen) atoms. The van der Waals surface area contributed by atoms with E-state index in [1.807, 2.05) is 47.9 Å². The minimum atomic E-state index is -0.737. The Labute approximate surface area is 161 Å². The van der Waals surface area contributed by atoms with Gasteiger partial charge >= 0.3 is 0 Å². The first-order chi connectivity index (χ1) is 13.5. The van der Waals surface area contributed by atoms with Crippen molar-refractivity contribution < 1.29 is 13.5 Å². The number of imidazole rings is 1. The van der Waals surface area contributed by atoms with Crippen LogP contribution in [0, 0.1) is 11.6 Å². The number of hydrogen-bond donors (Lipinski definition) is 1. The second kappa shape index (κ2) is 7.05.